The predicted molar refractivity (Wildman–Crippen MR) is 133 cm³/mol. The van der Waals surface area contributed by atoms with Crippen LogP contribution in [0.2, 0.25) is 0 Å². The monoisotopic (exact) mass is 461 g/mol. The molecule has 3 aromatic rings. The summed E-state index contributed by atoms with van der Waals surface area (Å²) in [5.41, 5.74) is 2.19. The minimum Gasteiger partial charge on any atom is -0.497 e. The molecule has 1 aliphatic carbocycles. The van der Waals surface area contributed by atoms with Crippen LogP contribution in [0.15, 0.2) is 52.9 Å². The molecular weight excluding hydrogens is 430 g/mol. The fourth-order valence-electron chi connectivity index (χ4n) is 5.11. The molecule has 2 heterocycles. The molecule has 2 amide bonds. The van der Waals surface area contributed by atoms with E-state index in [1.54, 1.807) is 12.0 Å². The van der Waals surface area contributed by atoms with Crippen molar-refractivity contribution < 1.29 is 18.7 Å². The van der Waals surface area contributed by atoms with Crippen molar-refractivity contribution in [1.82, 2.24) is 4.90 Å². The van der Waals surface area contributed by atoms with Gasteiger partial charge in [0.15, 0.2) is 0 Å². The van der Waals surface area contributed by atoms with E-state index in [9.17, 15) is 9.59 Å². The van der Waals surface area contributed by atoms with Gasteiger partial charge in [-0.2, -0.15) is 0 Å². The first-order chi connectivity index (χ1) is 16.6. The van der Waals surface area contributed by atoms with Gasteiger partial charge in [0.25, 0.3) is 5.91 Å². The highest BCUT2D eigenvalue weighted by Gasteiger charge is 2.29. The van der Waals surface area contributed by atoms with Crippen LogP contribution in [0, 0.1) is 5.92 Å². The average Bonchev–Trinajstić information content (AvgIpc) is 3.52. The molecule has 7 heteroatoms. The van der Waals surface area contributed by atoms with Crippen molar-refractivity contribution in [3.63, 3.8) is 0 Å². The first kappa shape index (κ1) is 22.3. The van der Waals surface area contributed by atoms with Crippen molar-refractivity contribution in [3.8, 4) is 5.75 Å². The summed E-state index contributed by atoms with van der Waals surface area (Å²) in [6, 6.07) is 15.4. The van der Waals surface area contributed by atoms with Crippen molar-refractivity contribution >= 4 is 34.2 Å². The van der Waals surface area contributed by atoms with E-state index in [0.717, 1.165) is 29.7 Å². The third-order valence-electron chi connectivity index (χ3n) is 6.99. The van der Waals surface area contributed by atoms with Gasteiger partial charge in [-0.3, -0.25) is 9.59 Å². The molecule has 7 nitrogen and oxygen atoms in total. The molecule has 1 aromatic heterocycles. The maximum Gasteiger partial charge on any atom is 0.291 e. The Bertz CT molecular complexity index is 1170. The minimum atomic E-state index is -0.183. The number of para-hydroxylation sites is 1. The molecule has 0 radical (unpaired) electrons. The summed E-state index contributed by atoms with van der Waals surface area (Å²) in [4.78, 5) is 30.4. The number of furan rings is 1. The Hall–Kier alpha value is -3.48. The van der Waals surface area contributed by atoms with Crippen LogP contribution in [0.3, 0.4) is 0 Å². The van der Waals surface area contributed by atoms with Gasteiger partial charge in [0.2, 0.25) is 11.7 Å². The first-order valence-corrected chi connectivity index (χ1v) is 12.1. The lowest BCUT2D eigenvalue weighted by Crippen LogP contribution is -2.48. The Morgan fingerprint density at radius 3 is 2.56 bits per heavy atom. The normalized spacial score (nSPS) is 16.7. The molecule has 1 N–H and O–H groups in total. The van der Waals surface area contributed by atoms with E-state index >= 15 is 0 Å². The quantitative estimate of drug-likeness (QED) is 0.564. The van der Waals surface area contributed by atoms with Crippen molar-refractivity contribution in [2.45, 2.75) is 32.1 Å². The van der Waals surface area contributed by atoms with Gasteiger partial charge in [-0.15, -0.1) is 0 Å². The first-order valence-electron chi connectivity index (χ1n) is 12.1. The number of carbonyl (C=O) groups excluding carboxylic acids is 2. The molecule has 5 rings (SSSR count). The highest BCUT2D eigenvalue weighted by molar-refractivity contribution is 6.10. The van der Waals surface area contributed by atoms with Crippen LogP contribution in [-0.2, 0) is 4.79 Å². The number of nitrogens with zero attached hydrogens (tertiary/aromatic N) is 2. The topological polar surface area (TPSA) is 75.0 Å². The van der Waals surface area contributed by atoms with Crippen LogP contribution < -0.4 is 15.0 Å². The highest BCUT2D eigenvalue weighted by Crippen LogP contribution is 2.34. The highest BCUT2D eigenvalue weighted by atomic mass is 16.5. The maximum atomic E-state index is 13.5. The Labute approximate surface area is 199 Å². The number of amides is 2. The second kappa shape index (κ2) is 9.79. The van der Waals surface area contributed by atoms with Crippen LogP contribution in [-0.4, -0.2) is 50.0 Å². The standard InChI is InChI=1S/C27H31N3O4/c1-33-21-10-6-9-20(18-21)29-13-15-30(16-14-29)27(32)26-25(22-11-4-5-12-23(22)34-26)28-24(31)17-19-7-2-3-8-19/h4-6,9-12,18-19H,2-3,7-8,13-17H2,1H3,(H,28,31). The van der Waals surface area contributed by atoms with Crippen molar-refractivity contribution in [3.05, 3.63) is 54.3 Å². The van der Waals surface area contributed by atoms with Gasteiger partial charge in [-0.1, -0.05) is 31.0 Å². The Morgan fingerprint density at radius 1 is 1.03 bits per heavy atom. The lowest BCUT2D eigenvalue weighted by Gasteiger charge is -2.36. The van der Waals surface area contributed by atoms with E-state index in [1.165, 1.54) is 12.8 Å². The largest absolute Gasteiger partial charge is 0.497 e. The summed E-state index contributed by atoms with van der Waals surface area (Å²) in [7, 11) is 1.66. The molecule has 1 saturated heterocycles. The maximum absolute atomic E-state index is 13.5. The number of anilines is 2. The Morgan fingerprint density at radius 2 is 1.79 bits per heavy atom. The number of piperazine rings is 1. The number of nitrogens with one attached hydrogen (secondary N) is 1. The van der Waals surface area contributed by atoms with E-state index < -0.39 is 0 Å². The number of carbonyl (C=O) groups is 2. The summed E-state index contributed by atoms with van der Waals surface area (Å²) in [6.45, 7) is 2.57. The Kier molecular flexibility index (Phi) is 6.43. The number of rotatable bonds is 6. The summed E-state index contributed by atoms with van der Waals surface area (Å²) in [5.74, 6) is 1.24. The molecule has 2 aromatic carbocycles. The van der Waals surface area contributed by atoms with E-state index in [2.05, 4.69) is 16.3 Å². The summed E-state index contributed by atoms with van der Waals surface area (Å²) in [5, 5.41) is 3.79. The van der Waals surface area contributed by atoms with Crippen molar-refractivity contribution in [2.75, 3.05) is 43.5 Å². The zero-order valence-corrected chi connectivity index (χ0v) is 19.6. The molecule has 0 unspecified atom stereocenters. The zero-order valence-electron chi connectivity index (χ0n) is 19.6. The van der Waals surface area contributed by atoms with Crippen LogP contribution in [0.4, 0.5) is 11.4 Å². The van der Waals surface area contributed by atoms with Gasteiger partial charge >= 0.3 is 0 Å². The van der Waals surface area contributed by atoms with Gasteiger partial charge in [0, 0.05) is 49.7 Å². The average molecular weight is 462 g/mol. The molecule has 1 aliphatic heterocycles. The van der Waals surface area contributed by atoms with Crippen LogP contribution >= 0.6 is 0 Å². The number of hydrogen-bond donors (Lipinski definition) is 1. The van der Waals surface area contributed by atoms with Crippen LogP contribution in [0.25, 0.3) is 11.0 Å². The molecule has 34 heavy (non-hydrogen) atoms. The number of benzene rings is 2. The van der Waals surface area contributed by atoms with Crippen molar-refractivity contribution in [1.29, 1.82) is 0 Å². The second-order valence-electron chi connectivity index (χ2n) is 9.19. The number of methoxy groups -OCH3 is 1. The fourth-order valence-corrected chi connectivity index (χ4v) is 5.11. The Balaban J connectivity index is 1.32. The second-order valence-corrected chi connectivity index (χ2v) is 9.19. The predicted octanol–water partition coefficient (Wildman–Crippen LogP) is 4.92. The number of hydrogen-bond acceptors (Lipinski definition) is 5. The zero-order chi connectivity index (χ0) is 23.5. The van der Waals surface area contributed by atoms with E-state index in [-0.39, 0.29) is 17.6 Å². The molecule has 0 atom stereocenters. The van der Waals surface area contributed by atoms with Crippen LogP contribution in [0.1, 0.15) is 42.7 Å². The molecule has 2 fully saturated rings. The molecule has 2 aliphatic rings. The van der Waals surface area contributed by atoms with Gasteiger partial charge in [0.1, 0.15) is 17.0 Å². The van der Waals surface area contributed by atoms with E-state index in [0.29, 0.717) is 49.8 Å². The lowest BCUT2D eigenvalue weighted by atomic mass is 10.0. The SMILES string of the molecule is COc1cccc(N2CCN(C(=O)c3oc4ccccc4c3NC(=O)CC3CCCC3)CC2)c1. The smallest absolute Gasteiger partial charge is 0.291 e. The van der Waals surface area contributed by atoms with Gasteiger partial charge in [-0.05, 0) is 43.0 Å². The molecule has 178 valence electrons. The van der Waals surface area contributed by atoms with Gasteiger partial charge in [0.05, 0.1) is 7.11 Å². The third kappa shape index (κ3) is 4.60. The minimum absolute atomic E-state index is 0.0460. The third-order valence-corrected chi connectivity index (χ3v) is 6.99. The molecular formula is C27H31N3O4. The van der Waals surface area contributed by atoms with Gasteiger partial charge < -0.3 is 24.3 Å². The number of fused-ring (bicyclic) bond motifs is 1. The fraction of sp³-hybridized carbons (Fsp3) is 0.407. The lowest BCUT2D eigenvalue weighted by molar-refractivity contribution is -0.117. The van der Waals surface area contributed by atoms with E-state index in [1.807, 2.05) is 42.5 Å². The van der Waals surface area contributed by atoms with E-state index in [4.69, 9.17) is 9.15 Å². The number of ether oxygens (including phenoxy) is 1. The van der Waals surface area contributed by atoms with Crippen LogP contribution in [0.5, 0.6) is 5.75 Å². The van der Waals surface area contributed by atoms with Crippen molar-refractivity contribution in [2.24, 2.45) is 5.92 Å². The molecule has 1 saturated carbocycles. The molecule has 0 spiro atoms. The summed E-state index contributed by atoms with van der Waals surface area (Å²) < 4.78 is 11.3. The van der Waals surface area contributed by atoms with Gasteiger partial charge in [-0.25, -0.2) is 0 Å². The summed E-state index contributed by atoms with van der Waals surface area (Å²) in [6.07, 6.45) is 5.08. The molecule has 0 bridgehead atoms. The summed E-state index contributed by atoms with van der Waals surface area (Å²) >= 11 is 0.